The maximum atomic E-state index is 13.5. The average molecular weight is 959 g/mol. The average Bonchev–Trinajstić information content (AvgIpc) is 3.64. The summed E-state index contributed by atoms with van der Waals surface area (Å²) in [4.78, 5) is 67.4. The fourth-order valence-corrected chi connectivity index (χ4v) is 9.49. The Balaban J connectivity index is 1.95. The number of unbranched alkanes of at least 4 members (excludes halogenated alkanes) is 36. The highest BCUT2D eigenvalue weighted by molar-refractivity contribution is 5.71. The minimum Gasteiger partial charge on any atom is -0.463 e. The van der Waals surface area contributed by atoms with Crippen LogP contribution in [0.25, 0.3) is 0 Å². The number of nitrogens with zero attached hydrogens (tertiary/aromatic N) is 1. The lowest BCUT2D eigenvalue weighted by atomic mass is 10.0. The first-order chi connectivity index (χ1) is 33.3. The predicted molar refractivity (Wildman–Crippen MR) is 277 cm³/mol. The van der Waals surface area contributed by atoms with Crippen molar-refractivity contribution in [3.8, 4) is 0 Å². The second-order valence-electron chi connectivity index (χ2n) is 20.2. The molecule has 0 amide bonds. The monoisotopic (exact) mass is 959 g/mol. The zero-order valence-corrected chi connectivity index (χ0v) is 44.0. The molecule has 1 saturated heterocycles. The lowest BCUT2D eigenvalue weighted by Crippen LogP contribution is -2.43. The van der Waals surface area contributed by atoms with Crippen LogP contribution in [-0.4, -0.2) is 52.4 Å². The number of H-pyrrole nitrogens is 1. The summed E-state index contributed by atoms with van der Waals surface area (Å²) in [5.41, 5.74) is -1.34. The Morgan fingerprint density at radius 2 is 0.765 bits per heavy atom. The van der Waals surface area contributed by atoms with Gasteiger partial charge < -0.3 is 18.9 Å². The van der Waals surface area contributed by atoms with E-state index in [0.29, 0.717) is 19.3 Å². The molecule has 4 atom stereocenters. The molecule has 0 unspecified atom stereocenters. The van der Waals surface area contributed by atoms with Crippen LogP contribution in [-0.2, 0) is 33.3 Å². The van der Waals surface area contributed by atoms with Gasteiger partial charge in [0, 0.05) is 31.5 Å². The second-order valence-corrected chi connectivity index (χ2v) is 20.2. The quantitative estimate of drug-likeness (QED) is 0.0384. The van der Waals surface area contributed by atoms with Gasteiger partial charge in [0.05, 0.1) is 0 Å². The number of carbonyl (C=O) groups excluding carboxylic acids is 3. The van der Waals surface area contributed by atoms with Crippen molar-refractivity contribution in [3.63, 3.8) is 0 Å². The van der Waals surface area contributed by atoms with Crippen molar-refractivity contribution >= 4 is 17.9 Å². The minimum absolute atomic E-state index is 0.167. The van der Waals surface area contributed by atoms with Crippen molar-refractivity contribution < 1.29 is 33.3 Å². The standard InChI is InChI=1S/C57H102N2O9/c1-4-7-10-13-16-19-22-25-28-31-34-37-40-43-51(61)65-48-49-54(67-52(62)44-41-38-35-32-29-26-23-20-17-14-11-8-5-2)55(56(66-49)59-47-46-50(60)58-57(59)64)68-53(63)45-42-39-36-33-30-27-24-21-18-15-12-9-6-3/h46-47,49,54-56H,4-45,48H2,1-3H3,(H,58,60,64)/t49-,54-,55-,56-/m1/s1. The predicted octanol–water partition coefficient (Wildman–Crippen LogP) is 15.2. The van der Waals surface area contributed by atoms with Crippen molar-refractivity contribution in [2.24, 2.45) is 0 Å². The first-order valence-corrected chi connectivity index (χ1v) is 28.8. The van der Waals surface area contributed by atoms with Crippen LogP contribution in [0.4, 0.5) is 0 Å². The smallest absolute Gasteiger partial charge is 0.330 e. The maximum Gasteiger partial charge on any atom is 0.330 e. The SMILES string of the molecule is CCCCCCCCCCCCCCCC(=O)OC[C@H]1O[C@@H](n2ccc(=O)[nH]c2=O)[C@H](OC(=O)CCCCCCCCCCCCCCC)[C@@H]1OC(=O)CCCCCCCCCCCCCCC. The number of aromatic nitrogens is 2. The summed E-state index contributed by atoms with van der Waals surface area (Å²) in [5.74, 6) is -1.33. The number of nitrogens with one attached hydrogen (secondary N) is 1. The Kier molecular flexibility index (Phi) is 38.6. The van der Waals surface area contributed by atoms with Crippen LogP contribution in [0.1, 0.15) is 297 Å². The van der Waals surface area contributed by atoms with Gasteiger partial charge in [-0.25, -0.2) is 4.79 Å². The number of aromatic amines is 1. The Bertz CT molecular complexity index is 1490. The van der Waals surface area contributed by atoms with E-state index in [1.54, 1.807) is 0 Å². The first-order valence-electron chi connectivity index (χ1n) is 28.8. The van der Waals surface area contributed by atoms with Crippen LogP contribution in [0.3, 0.4) is 0 Å². The van der Waals surface area contributed by atoms with Crippen molar-refractivity contribution in [2.75, 3.05) is 6.61 Å². The summed E-state index contributed by atoms with van der Waals surface area (Å²) < 4.78 is 25.3. The highest BCUT2D eigenvalue weighted by atomic mass is 16.7. The first kappa shape index (κ1) is 61.2. The zero-order chi connectivity index (χ0) is 49.1. The van der Waals surface area contributed by atoms with Gasteiger partial charge in [-0.3, -0.25) is 28.7 Å². The van der Waals surface area contributed by atoms with Crippen molar-refractivity contribution in [1.29, 1.82) is 0 Å². The molecule has 0 radical (unpaired) electrons. The molecule has 1 fully saturated rings. The molecule has 1 aromatic heterocycles. The summed E-state index contributed by atoms with van der Waals surface area (Å²) >= 11 is 0. The fraction of sp³-hybridized carbons (Fsp3) is 0.877. The number of carbonyl (C=O) groups is 3. The molecule has 1 aliphatic rings. The number of ether oxygens (including phenoxy) is 4. The Labute approximate surface area is 414 Å². The molecule has 11 nitrogen and oxygen atoms in total. The number of hydrogen-bond donors (Lipinski definition) is 1. The van der Waals surface area contributed by atoms with Gasteiger partial charge in [0.2, 0.25) is 0 Å². The maximum absolute atomic E-state index is 13.5. The van der Waals surface area contributed by atoms with Gasteiger partial charge in [-0.1, -0.05) is 252 Å². The Morgan fingerprint density at radius 1 is 0.456 bits per heavy atom. The molecule has 0 saturated carbocycles. The van der Waals surface area contributed by atoms with Crippen LogP contribution >= 0.6 is 0 Å². The van der Waals surface area contributed by atoms with Crippen molar-refractivity contribution in [1.82, 2.24) is 9.55 Å². The van der Waals surface area contributed by atoms with E-state index in [-0.39, 0.29) is 31.8 Å². The van der Waals surface area contributed by atoms with Gasteiger partial charge in [0.1, 0.15) is 12.7 Å². The molecule has 394 valence electrons. The molecule has 11 heteroatoms. The van der Waals surface area contributed by atoms with Crippen molar-refractivity contribution in [2.45, 2.75) is 315 Å². The minimum atomic E-state index is -1.21. The summed E-state index contributed by atoms with van der Waals surface area (Å²) in [5, 5.41) is 0. The topological polar surface area (TPSA) is 143 Å². The van der Waals surface area contributed by atoms with Crippen LogP contribution in [0, 0.1) is 0 Å². The van der Waals surface area contributed by atoms with E-state index in [2.05, 4.69) is 25.8 Å². The van der Waals surface area contributed by atoms with Gasteiger partial charge in [0.25, 0.3) is 5.56 Å². The molecule has 0 aromatic carbocycles. The molecule has 0 spiro atoms. The number of esters is 3. The molecule has 1 N–H and O–H groups in total. The molecular weight excluding hydrogens is 857 g/mol. The molecule has 68 heavy (non-hydrogen) atoms. The molecule has 1 aliphatic heterocycles. The molecule has 1 aromatic rings. The molecule has 2 heterocycles. The summed E-state index contributed by atoms with van der Waals surface area (Å²) in [6.45, 7) is 6.51. The number of rotatable bonds is 47. The third-order valence-corrected chi connectivity index (χ3v) is 13.8. The van der Waals surface area contributed by atoms with Crippen LogP contribution in [0.15, 0.2) is 21.9 Å². The van der Waals surface area contributed by atoms with Crippen LogP contribution < -0.4 is 11.2 Å². The van der Waals surface area contributed by atoms with E-state index in [4.69, 9.17) is 18.9 Å². The summed E-state index contributed by atoms with van der Waals surface area (Å²) in [7, 11) is 0. The Morgan fingerprint density at radius 3 is 1.10 bits per heavy atom. The third kappa shape index (κ3) is 31.3. The van der Waals surface area contributed by atoms with E-state index in [1.165, 1.54) is 186 Å². The van der Waals surface area contributed by atoms with E-state index in [0.717, 1.165) is 62.4 Å². The van der Waals surface area contributed by atoms with Gasteiger partial charge >= 0.3 is 23.6 Å². The highest BCUT2D eigenvalue weighted by Crippen LogP contribution is 2.34. The fourth-order valence-electron chi connectivity index (χ4n) is 9.49. The van der Waals surface area contributed by atoms with Crippen molar-refractivity contribution in [3.05, 3.63) is 33.1 Å². The van der Waals surface area contributed by atoms with Gasteiger partial charge in [0.15, 0.2) is 18.4 Å². The zero-order valence-electron chi connectivity index (χ0n) is 44.0. The summed E-state index contributed by atoms with van der Waals surface area (Å²) in [6, 6.07) is 1.19. The van der Waals surface area contributed by atoms with E-state index in [1.807, 2.05) is 0 Å². The lowest BCUT2D eigenvalue weighted by Gasteiger charge is -2.25. The van der Waals surface area contributed by atoms with Gasteiger partial charge in [-0.2, -0.15) is 0 Å². The molecular formula is C57H102N2O9. The molecule has 2 rings (SSSR count). The van der Waals surface area contributed by atoms with E-state index < -0.39 is 47.7 Å². The second kappa shape index (κ2) is 42.9. The van der Waals surface area contributed by atoms with Gasteiger partial charge in [-0.15, -0.1) is 0 Å². The van der Waals surface area contributed by atoms with Gasteiger partial charge in [-0.05, 0) is 19.3 Å². The molecule has 0 bridgehead atoms. The van der Waals surface area contributed by atoms with E-state index >= 15 is 0 Å². The van der Waals surface area contributed by atoms with Crippen LogP contribution in [0.5, 0.6) is 0 Å². The number of hydrogen-bond acceptors (Lipinski definition) is 9. The Hall–Kier alpha value is -2.95. The third-order valence-electron chi connectivity index (χ3n) is 13.8. The molecule has 0 aliphatic carbocycles. The lowest BCUT2D eigenvalue weighted by molar-refractivity contribution is -0.169. The van der Waals surface area contributed by atoms with Crippen LogP contribution in [0.2, 0.25) is 0 Å². The highest BCUT2D eigenvalue weighted by Gasteiger charge is 2.51. The largest absolute Gasteiger partial charge is 0.463 e. The summed E-state index contributed by atoms with van der Waals surface area (Å²) in [6.07, 6.45) is 43.9. The normalized spacial score (nSPS) is 16.9. The van der Waals surface area contributed by atoms with E-state index in [9.17, 15) is 24.0 Å².